The summed E-state index contributed by atoms with van der Waals surface area (Å²) in [4.78, 5) is 20.5. The number of hydrogen-bond acceptors (Lipinski definition) is 5. The molecule has 1 aromatic heterocycles. The van der Waals surface area contributed by atoms with Gasteiger partial charge in [0.05, 0.1) is 4.70 Å². The zero-order chi connectivity index (χ0) is 19.7. The molecule has 28 heavy (non-hydrogen) atoms. The van der Waals surface area contributed by atoms with E-state index in [0.717, 1.165) is 11.6 Å². The van der Waals surface area contributed by atoms with Crippen LogP contribution in [0.2, 0.25) is 0 Å². The van der Waals surface area contributed by atoms with E-state index in [-0.39, 0.29) is 18.0 Å². The average Bonchev–Trinajstić information content (AvgIpc) is 3.11. The number of halogens is 2. The van der Waals surface area contributed by atoms with E-state index in [1.165, 1.54) is 17.4 Å². The van der Waals surface area contributed by atoms with Crippen LogP contribution < -0.4 is 9.64 Å². The SMILES string of the molecule is Cc1ccccc1OCC(=O)N1CCN(c2nc3c(F)cc(F)cc3s2)CC1. The second-order valence-electron chi connectivity index (χ2n) is 6.65. The minimum Gasteiger partial charge on any atom is -0.484 e. The number of anilines is 1. The number of benzene rings is 2. The summed E-state index contributed by atoms with van der Waals surface area (Å²) in [5.41, 5.74) is 1.17. The summed E-state index contributed by atoms with van der Waals surface area (Å²) in [6.45, 7) is 4.16. The highest BCUT2D eigenvalue weighted by Gasteiger charge is 2.24. The molecule has 0 saturated carbocycles. The standard InChI is InChI=1S/C20H19F2N3O2S/c1-13-4-2-3-5-16(13)27-12-18(26)24-6-8-25(9-7-24)20-23-19-15(22)10-14(21)11-17(19)28-20/h2-5,10-11H,6-9,12H2,1H3. The van der Waals surface area contributed by atoms with Gasteiger partial charge in [0.2, 0.25) is 0 Å². The number of para-hydroxylation sites is 1. The first-order valence-electron chi connectivity index (χ1n) is 8.98. The van der Waals surface area contributed by atoms with Crippen LogP contribution in [0.5, 0.6) is 5.75 Å². The number of carbonyl (C=O) groups excluding carboxylic acids is 1. The van der Waals surface area contributed by atoms with Crippen molar-refractivity contribution in [1.29, 1.82) is 0 Å². The number of aromatic nitrogens is 1. The molecule has 4 rings (SSSR count). The Kier molecular flexibility index (Phi) is 5.13. The number of aryl methyl sites for hydroxylation is 1. The Morgan fingerprint density at radius 3 is 2.68 bits per heavy atom. The van der Waals surface area contributed by atoms with Gasteiger partial charge in [-0.05, 0) is 24.6 Å². The van der Waals surface area contributed by atoms with E-state index >= 15 is 0 Å². The molecule has 0 unspecified atom stereocenters. The fraction of sp³-hybridized carbons (Fsp3) is 0.300. The minimum atomic E-state index is -0.653. The molecule has 146 valence electrons. The molecular formula is C20H19F2N3O2S. The van der Waals surface area contributed by atoms with Gasteiger partial charge in [-0.3, -0.25) is 4.79 Å². The molecule has 0 aliphatic carbocycles. The average molecular weight is 403 g/mol. The van der Waals surface area contributed by atoms with Crippen molar-refractivity contribution in [3.8, 4) is 5.75 Å². The molecule has 1 saturated heterocycles. The number of carbonyl (C=O) groups is 1. The smallest absolute Gasteiger partial charge is 0.260 e. The van der Waals surface area contributed by atoms with Gasteiger partial charge >= 0.3 is 0 Å². The predicted octanol–water partition coefficient (Wildman–Crippen LogP) is 3.61. The van der Waals surface area contributed by atoms with E-state index in [9.17, 15) is 13.6 Å². The number of thiazole rings is 1. The maximum Gasteiger partial charge on any atom is 0.260 e. The Morgan fingerprint density at radius 2 is 1.93 bits per heavy atom. The molecule has 1 fully saturated rings. The van der Waals surface area contributed by atoms with Crippen molar-refractivity contribution < 1.29 is 18.3 Å². The summed E-state index contributed by atoms with van der Waals surface area (Å²) in [6, 6.07) is 9.71. The third-order valence-electron chi connectivity index (χ3n) is 4.75. The van der Waals surface area contributed by atoms with E-state index in [1.54, 1.807) is 4.90 Å². The number of piperazine rings is 1. The van der Waals surface area contributed by atoms with E-state index in [1.807, 2.05) is 36.1 Å². The first-order chi connectivity index (χ1) is 13.5. The maximum atomic E-state index is 13.9. The summed E-state index contributed by atoms with van der Waals surface area (Å²) in [5, 5.41) is 0.641. The summed E-state index contributed by atoms with van der Waals surface area (Å²) < 4.78 is 33.4. The lowest BCUT2D eigenvalue weighted by Crippen LogP contribution is -2.50. The van der Waals surface area contributed by atoms with Crippen LogP contribution in [-0.4, -0.2) is 48.6 Å². The molecule has 0 bridgehead atoms. The summed E-state index contributed by atoms with van der Waals surface area (Å²) >= 11 is 1.26. The molecule has 8 heteroatoms. The van der Waals surface area contributed by atoms with Gasteiger partial charge in [-0.15, -0.1) is 0 Å². The Balaban J connectivity index is 1.36. The topological polar surface area (TPSA) is 45.7 Å². The molecule has 5 nitrogen and oxygen atoms in total. The second kappa shape index (κ2) is 7.71. The lowest BCUT2D eigenvalue weighted by Gasteiger charge is -2.34. The summed E-state index contributed by atoms with van der Waals surface area (Å²) in [6.07, 6.45) is 0. The van der Waals surface area contributed by atoms with Gasteiger partial charge in [0.15, 0.2) is 17.6 Å². The molecule has 2 heterocycles. The normalized spacial score (nSPS) is 14.5. The van der Waals surface area contributed by atoms with Gasteiger partial charge in [0, 0.05) is 32.2 Å². The van der Waals surface area contributed by atoms with Gasteiger partial charge in [0.25, 0.3) is 5.91 Å². The van der Waals surface area contributed by atoms with Crippen molar-refractivity contribution in [1.82, 2.24) is 9.88 Å². The molecule has 0 radical (unpaired) electrons. The predicted molar refractivity (Wildman–Crippen MR) is 105 cm³/mol. The first kappa shape index (κ1) is 18.6. The quantitative estimate of drug-likeness (QED) is 0.668. The van der Waals surface area contributed by atoms with Gasteiger partial charge in [-0.2, -0.15) is 0 Å². The van der Waals surface area contributed by atoms with Crippen LogP contribution in [0.3, 0.4) is 0 Å². The summed E-state index contributed by atoms with van der Waals surface area (Å²) in [5.74, 6) is -0.623. The largest absolute Gasteiger partial charge is 0.484 e. The van der Waals surface area contributed by atoms with Gasteiger partial charge in [0.1, 0.15) is 17.1 Å². The third-order valence-corrected chi connectivity index (χ3v) is 5.81. The fourth-order valence-corrected chi connectivity index (χ4v) is 4.23. The molecule has 0 spiro atoms. The number of ether oxygens (including phenoxy) is 1. The highest BCUT2D eigenvalue weighted by atomic mass is 32.1. The van der Waals surface area contributed by atoms with Crippen molar-refractivity contribution >= 4 is 32.6 Å². The van der Waals surface area contributed by atoms with Gasteiger partial charge in [-0.1, -0.05) is 29.5 Å². The van der Waals surface area contributed by atoms with Crippen LogP contribution in [0, 0.1) is 18.6 Å². The van der Waals surface area contributed by atoms with Crippen molar-refractivity contribution in [2.75, 3.05) is 37.7 Å². The number of amides is 1. The van der Waals surface area contributed by atoms with E-state index in [2.05, 4.69) is 4.98 Å². The first-order valence-corrected chi connectivity index (χ1v) is 9.79. The van der Waals surface area contributed by atoms with Gasteiger partial charge < -0.3 is 14.5 Å². The highest BCUT2D eigenvalue weighted by molar-refractivity contribution is 7.22. The Morgan fingerprint density at radius 1 is 1.18 bits per heavy atom. The maximum absolute atomic E-state index is 13.9. The summed E-state index contributed by atoms with van der Waals surface area (Å²) in [7, 11) is 0. The lowest BCUT2D eigenvalue weighted by molar-refractivity contribution is -0.133. The number of fused-ring (bicyclic) bond motifs is 1. The Hall–Kier alpha value is -2.74. The number of nitrogens with zero attached hydrogens (tertiary/aromatic N) is 3. The van der Waals surface area contributed by atoms with Crippen molar-refractivity contribution in [2.24, 2.45) is 0 Å². The minimum absolute atomic E-state index is 0.00349. The molecule has 1 aliphatic rings. The number of rotatable bonds is 4. The van der Waals surface area contributed by atoms with Crippen molar-refractivity contribution in [3.05, 3.63) is 53.6 Å². The molecule has 0 N–H and O–H groups in total. The molecule has 3 aromatic rings. The molecule has 1 aliphatic heterocycles. The van der Waals surface area contributed by atoms with Crippen LogP contribution in [0.4, 0.5) is 13.9 Å². The van der Waals surface area contributed by atoms with Crippen molar-refractivity contribution in [2.45, 2.75) is 6.92 Å². The van der Waals surface area contributed by atoms with E-state index in [4.69, 9.17) is 4.74 Å². The van der Waals surface area contributed by atoms with Crippen LogP contribution >= 0.6 is 11.3 Å². The zero-order valence-electron chi connectivity index (χ0n) is 15.3. The van der Waals surface area contributed by atoms with Crippen molar-refractivity contribution in [3.63, 3.8) is 0 Å². The van der Waals surface area contributed by atoms with Crippen LogP contribution in [0.15, 0.2) is 36.4 Å². The number of hydrogen-bond donors (Lipinski definition) is 0. The zero-order valence-corrected chi connectivity index (χ0v) is 16.1. The second-order valence-corrected chi connectivity index (χ2v) is 7.66. The van der Waals surface area contributed by atoms with Crippen LogP contribution in [0.1, 0.15) is 5.56 Å². The highest BCUT2D eigenvalue weighted by Crippen LogP contribution is 2.31. The van der Waals surface area contributed by atoms with Crippen LogP contribution in [-0.2, 0) is 4.79 Å². The fourth-order valence-electron chi connectivity index (χ4n) is 3.18. The molecule has 1 amide bonds. The molecule has 0 atom stereocenters. The molecule has 2 aromatic carbocycles. The Labute approximate surface area is 165 Å². The lowest BCUT2D eigenvalue weighted by atomic mass is 10.2. The van der Waals surface area contributed by atoms with E-state index < -0.39 is 11.6 Å². The van der Waals surface area contributed by atoms with E-state index in [0.29, 0.717) is 41.8 Å². The monoisotopic (exact) mass is 403 g/mol. The molecular weight excluding hydrogens is 384 g/mol. The van der Waals surface area contributed by atoms with Crippen LogP contribution in [0.25, 0.3) is 10.2 Å². The van der Waals surface area contributed by atoms with Gasteiger partial charge in [-0.25, -0.2) is 13.8 Å². The third kappa shape index (κ3) is 3.77. The Bertz CT molecular complexity index is 1020.